The number of rotatable bonds is 3. The van der Waals surface area contributed by atoms with Gasteiger partial charge in [0.05, 0.1) is 5.92 Å². The second kappa shape index (κ2) is 6.57. The summed E-state index contributed by atoms with van der Waals surface area (Å²) < 4.78 is 0. The van der Waals surface area contributed by atoms with Crippen molar-refractivity contribution in [2.24, 2.45) is 11.7 Å². The molecule has 21 heavy (non-hydrogen) atoms. The molecule has 4 nitrogen and oxygen atoms in total. The van der Waals surface area contributed by atoms with E-state index in [4.69, 9.17) is 5.73 Å². The predicted octanol–water partition coefficient (Wildman–Crippen LogP) is 2.20. The van der Waals surface area contributed by atoms with Gasteiger partial charge in [-0.2, -0.15) is 0 Å². The van der Waals surface area contributed by atoms with Crippen molar-refractivity contribution >= 4 is 17.4 Å². The summed E-state index contributed by atoms with van der Waals surface area (Å²) in [7, 11) is 0. The topological polar surface area (TPSA) is 63.4 Å². The lowest BCUT2D eigenvalue weighted by Gasteiger charge is -2.36. The van der Waals surface area contributed by atoms with Crippen LogP contribution in [0.2, 0.25) is 0 Å². The molecule has 0 spiro atoms. The molecule has 1 aromatic rings. The summed E-state index contributed by atoms with van der Waals surface area (Å²) >= 11 is 0. The SMILES string of the molecule is C/C(=C/C(=O)N1C[C@H](C(N)=O)CC[C@H]1C)c1ccccc1. The van der Waals surface area contributed by atoms with Gasteiger partial charge in [-0.15, -0.1) is 0 Å². The Kier molecular flexibility index (Phi) is 4.78. The maximum absolute atomic E-state index is 12.5. The van der Waals surface area contributed by atoms with Gasteiger partial charge in [0.25, 0.3) is 0 Å². The molecule has 1 aliphatic rings. The highest BCUT2D eigenvalue weighted by Gasteiger charge is 2.30. The van der Waals surface area contributed by atoms with Crippen molar-refractivity contribution in [2.45, 2.75) is 32.7 Å². The van der Waals surface area contributed by atoms with Crippen molar-refractivity contribution in [3.8, 4) is 0 Å². The van der Waals surface area contributed by atoms with Crippen molar-refractivity contribution in [1.29, 1.82) is 0 Å². The maximum atomic E-state index is 12.5. The first-order chi connectivity index (χ1) is 9.99. The second-order valence-corrected chi connectivity index (χ2v) is 5.71. The van der Waals surface area contributed by atoms with Gasteiger partial charge >= 0.3 is 0 Å². The minimum absolute atomic E-state index is 0.0465. The number of likely N-dealkylation sites (tertiary alicyclic amines) is 1. The molecule has 0 radical (unpaired) electrons. The van der Waals surface area contributed by atoms with Crippen LogP contribution in [0, 0.1) is 5.92 Å². The average Bonchev–Trinajstić information content (AvgIpc) is 2.48. The fourth-order valence-electron chi connectivity index (χ4n) is 2.70. The second-order valence-electron chi connectivity index (χ2n) is 5.71. The van der Waals surface area contributed by atoms with E-state index < -0.39 is 0 Å². The fraction of sp³-hybridized carbons (Fsp3) is 0.412. The molecule has 0 aromatic heterocycles. The smallest absolute Gasteiger partial charge is 0.247 e. The van der Waals surface area contributed by atoms with Crippen LogP contribution in [-0.2, 0) is 9.59 Å². The summed E-state index contributed by atoms with van der Waals surface area (Å²) in [5.74, 6) is -0.589. The van der Waals surface area contributed by atoms with E-state index in [0.717, 1.165) is 24.0 Å². The van der Waals surface area contributed by atoms with E-state index in [2.05, 4.69) is 0 Å². The Hall–Kier alpha value is -2.10. The molecular formula is C17H22N2O2. The molecule has 0 bridgehead atoms. The Morgan fingerprint density at radius 2 is 1.90 bits per heavy atom. The number of hydrogen-bond acceptors (Lipinski definition) is 2. The van der Waals surface area contributed by atoms with Gasteiger partial charge in [0, 0.05) is 18.7 Å². The molecule has 0 unspecified atom stereocenters. The molecule has 0 saturated carbocycles. The highest BCUT2D eigenvalue weighted by Crippen LogP contribution is 2.23. The lowest BCUT2D eigenvalue weighted by atomic mass is 9.92. The van der Waals surface area contributed by atoms with Crippen LogP contribution in [0.25, 0.3) is 5.57 Å². The zero-order valence-corrected chi connectivity index (χ0v) is 12.6. The number of carbonyl (C=O) groups is 2. The molecule has 0 aliphatic carbocycles. The van der Waals surface area contributed by atoms with Crippen molar-refractivity contribution in [2.75, 3.05) is 6.54 Å². The normalized spacial score (nSPS) is 23.0. The van der Waals surface area contributed by atoms with Gasteiger partial charge in [-0.3, -0.25) is 9.59 Å². The third-order valence-electron chi connectivity index (χ3n) is 4.14. The number of piperidine rings is 1. The summed E-state index contributed by atoms with van der Waals surface area (Å²) in [6, 6.07) is 9.94. The number of allylic oxidation sites excluding steroid dienone is 1. The quantitative estimate of drug-likeness (QED) is 0.866. The predicted molar refractivity (Wildman–Crippen MR) is 83.2 cm³/mol. The van der Waals surface area contributed by atoms with E-state index in [1.54, 1.807) is 11.0 Å². The van der Waals surface area contributed by atoms with Crippen molar-refractivity contribution in [1.82, 2.24) is 4.90 Å². The van der Waals surface area contributed by atoms with Crippen LogP contribution in [0.5, 0.6) is 0 Å². The van der Waals surface area contributed by atoms with Crippen LogP contribution in [0.15, 0.2) is 36.4 Å². The van der Waals surface area contributed by atoms with Gasteiger partial charge in [0.15, 0.2) is 0 Å². The minimum Gasteiger partial charge on any atom is -0.369 e. The largest absolute Gasteiger partial charge is 0.369 e. The van der Waals surface area contributed by atoms with Gasteiger partial charge in [-0.1, -0.05) is 30.3 Å². The zero-order chi connectivity index (χ0) is 15.4. The number of nitrogens with two attached hydrogens (primary N) is 1. The molecule has 4 heteroatoms. The monoisotopic (exact) mass is 286 g/mol. The van der Waals surface area contributed by atoms with Gasteiger partial charge in [0.1, 0.15) is 0 Å². The number of benzene rings is 1. The fourth-order valence-corrected chi connectivity index (χ4v) is 2.70. The Bertz CT molecular complexity index is 551. The lowest BCUT2D eigenvalue weighted by molar-refractivity contribution is -0.133. The van der Waals surface area contributed by atoms with E-state index in [1.165, 1.54) is 0 Å². The van der Waals surface area contributed by atoms with Crippen LogP contribution >= 0.6 is 0 Å². The number of carbonyl (C=O) groups excluding carboxylic acids is 2. The molecular weight excluding hydrogens is 264 g/mol. The van der Waals surface area contributed by atoms with Crippen molar-refractivity contribution in [3.05, 3.63) is 42.0 Å². The minimum atomic E-state index is -0.316. The van der Waals surface area contributed by atoms with Crippen LogP contribution < -0.4 is 5.73 Å². The summed E-state index contributed by atoms with van der Waals surface area (Å²) in [5.41, 5.74) is 7.33. The Balaban J connectivity index is 2.13. The summed E-state index contributed by atoms with van der Waals surface area (Å²) in [4.78, 5) is 25.6. The van der Waals surface area contributed by atoms with Gasteiger partial charge in [0.2, 0.25) is 11.8 Å². The van der Waals surface area contributed by atoms with Crippen LogP contribution in [-0.4, -0.2) is 29.3 Å². The molecule has 1 aromatic carbocycles. The summed E-state index contributed by atoms with van der Waals surface area (Å²) in [5, 5.41) is 0. The molecule has 1 saturated heterocycles. The van der Waals surface area contributed by atoms with Gasteiger partial charge in [-0.05, 0) is 37.8 Å². The highest BCUT2D eigenvalue weighted by atomic mass is 16.2. The maximum Gasteiger partial charge on any atom is 0.247 e. The first-order valence-corrected chi connectivity index (χ1v) is 7.32. The third-order valence-corrected chi connectivity index (χ3v) is 4.14. The molecule has 2 atom stereocenters. The number of hydrogen-bond donors (Lipinski definition) is 1. The number of primary amides is 1. The lowest BCUT2D eigenvalue weighted by Crippen LogP contribution is -2.48. The van der Waals surface area contributed by atoms with Crippen LogP contribution in [0.4, 0.5) is 0 Å². The average molecular weight is 286 g/mol. The van der Waals surface area contributed by atoms with Crippen molar-refractivity contribution in [3.63, 3.8) is 0 Å². The zero-order valence-electron chi connectivity index (χ0n) is 12.6. The van der Waals surface area contributed by atoms with E-state index in [0.29, 0.717) is 6.54 Å². The van der Waals surface area contributed by atoms with E-state index in [9.17, 15) is 9.59 Å². The Morgan fingerprint density at radius 1 is 1.24 bits per heavy atom. The molecule has 2 rings (SSSR count). The number of amides is 2. The number of nitrogens with zero attached hydrogens (tertiary/aromatic N) is 1. The summed E-state index contributed by atoms with van der Waals surface area (Å²) in [6.07, 6.45) is 3.23. The summed E-state index contributed by atoms with van der Waals surface area (Å²) in [6.45, 7) is 4.36. The van der Waals surface area contributed by atoms with E-state index in [1.807, 2.05) is 44.2 Å². The Labute approximate surface area is 125 Å². The Morgan fingerprint density at radius 3 is 2.52 bits per heavy atom. The standard InChI is InChI=1S/C17H22N2O2/c1-12(14-6-4-3-5-7-14)10-16(20)19-11-15(17(18)21)9-8-13(19)2/h3-7,10,13,15H,8-9,11H2,1-2H3,(H2,18,21)/b12-10-/t13-,15-/m1/s1. The highest BCUT2D eigenvalue weighted by molar-refractivity contribution is 5.95. The molecule has 1 fully saturated rings. The van der Waals surface area contributed by atoms with E-state index >= 15 is 0 Å². The first-order valence-electron chi connectivity index (χ1n) is 7.32. The van der Waals surface area contributed by atoms with Gasteiger partial charge in [-0.25, -0.2) is 0 Å². The molecule has 112 valence electrons. The van der Waals surface area contributed by atoms with Gasteiger partial charge < -0.3 is 10.6 Å². The molecule has 2 N–H and O–H groups in total. The molecule has 2 amide bonds. The van der Waals surface area contributed by atoms with Crippen LogP contribution in [0.3, 0.4) is 0 Å². The molecule has 1 heterocycles. The first kappa shape index (κ1) is 15.3. The van der Waals surface area contributed by atoms with Crippen molar-refractivity contribution < 1.29 is 9.59 Å². The van der Waals surface area contributed by atoms with E-state index in [-0.39, 0.29) is 23.8 Å². The molecule has 1 aliphatic heterocycles. The third kappa shape index (κ3) is 3.72. The van der Waals surface area contributed by atoms with Crippen LogP contribution in [0.1, 0.15) is 32.3 Å².